The molecule has 1 atom stereocenters. The largest absolute Gasteiger partial charge is 0.481 e. The Bertz CT molecular complexity index is 544. The molecule has 1 aromatic carbocycles. The van der Waals surface area contributed by atoms with Crippen LogP contribution in [0.2, 0.25) is 0 Å². The van der Waals surface area contributed by atoms with Crippen LogP contribution in [-0.2, 0) is 11.3 Å². The Balaban J connectivity index is 2.06. The predicted octanol–water partition coefficient (Wildman–Crippen LogP) is 2.59. The van der Waals surface area contributed by atoms with Crippen molar-refractivity contribution in [1.29, 1.82) is 0 Å². The van der Waals surface area contributed by atoms with Crippen LogP contribution in [-0.4, -0.2) is 34.0 Å². The summed E-state index contributed by atoms with van der Waals surface area (Å²) in [6.07, 6.45) is 2.12. The molecule has 0 spiro atoms. The van der Waals surface area contributed by atoms with Crippen LogP contribution in [0.25, 0.3) is 0 Å². The maximum atomic E-state index is 11.0. The molecule has 0 aliphatic carbocycles. The first-order valence-corrected chi connectivity index (χ1v) is 7.14. The Morgan fingerprint density at radius 3 is 2.95 bits per heavy atom. The number of aliphatic carboxylic acids is 1. The predicted molar refractivity (Wildman–Crippen MR) is 78.1 cm³/mol. The van der Waals surface area contributed by atoms with Gasteiger partial charge in [0.1, 0.15) is 0 Å². The lowest BCUT2D eigenvalue weighted by Gasteiger charge is -2.32. The zero-order valence-corrected chi connectivity index (χ0v) is 12.1. The molecule has 1 fully saturated rings. The molecule has 1 aliphatic rings. The molecule has 6 heteroatoms. The summed E-state index contributed by atoms with van der Waals surface area (Å²) in [5.74, 6) is -0.580. The Kier molecular flexibility index (Phi) is 4.90. The summed E-state index contributed by atoms with van der Waals surface area (Å²) in [6.45, 7) is 4.07. The second-order valence-electron chi connectivity index (χ2n) is 5.66. The molecule has 1 aliphatic heterocycles. The molecule has 0 saturated carbocycles. The van der Waals surface area contributed by atoms with E-state index in [2.05, 4.69) is 4.90 Å². The number of piperidine rings is 1. The standard InChI is InChI=1S/C15H20N2O4/c1-11-13(5-2-6-14(11)17(20)21)10-16-7-3-4-12(9-16)8-15(18)19/h2,5-6,12H,3-4,7-10H2,1H3,(H,18,19). The van der Waals surface area contributed by atoms with Gasteiger partial charge in [0, 0.05) is 31.1 Å². The summed E-state index contributed by atoms with van der Waals surface area (Å²) in [5, 5.41) is 19.9. The number of hydrogen-bond donors (Lipinski definition) is 1. The number of carbonyl (C=O) groups is 1. The highest BCUT2D eigenvalue weighted by molar-refractivity contribution is 5.67. The van der Waals surface area contributed by atoms with Gasteiger partial charge in [-0.2, -0.15) is 0 Å². The lowest BCUT2D eigenvalue weighted by atomic mass is 9.94. The summed E-state index contributed by atoms with van der Waals surface area (Å²) in [7, 11) is 0. The van der Waals surface area contributed by atoms with Crippen LogP contribution in [0, 0.1) is 23.0 Å². The minimum atomic E-state index is -0.756. The number of likely N-dealkylation sites (tertiary alicyclic amines) is 1. The molecule has 2 rings (SSSR count). The van der Waals surface area contributed by atoms with E-state index < -0.39 is 5.97 Å². The van der Waals surface area contributed by atoms with Crippen molar-refractivity contribution < 1.29 is 14.8 Å². The molecule has 1 N–H and O–H groups in total. The van der Waals surface area contributed by atoms with Gasteiger partial charge >= 0.3 is 5.97 Å². The van der Waals surface area contributed by atoms with E-state index in [0.717, 1.165) is 31.5 Å². The number of nitrogens with zero attached hydrogens (tertiary/aromatic N) is 2. The van der Waals surface area contributed by atoms with Crippen molar-refractivity contribution in [3.63, 3.8) is 0 Å². The van der Waals surface area contributed by atoms with E-state index in [1.165, 1.54) is 6.07 Å². The van der Waals surface area contributed by atoms with Crippen molar-refractivity contribution in [3.8, 4) is 0 Å². The number of benzene rings is 1. The minimum Gasteiger partial charge on any atom is -0.481 e. The number of nitro groups is 1. The van der Waals surface area contributed by atoms with Crippen LogP contribution in [0.5, 0.6) is 0 Å². The average Bonchev–Trinajstić information content (AvgIpc) is 2.40. The van der Waals surface area contributed by atoms with Gasteiger partial charge < -0.3 is 5.11 Å². The Labute approximate surface area is 123 Å². The number of rotatable bonds is 5. The van der Waals surface area contributed by atoms with Gasteiger partial charge in [0.15, 0.2) is 0 Å². The number of hydrogen-bond acceptors (Lipinski definition) is 4. The summed E-state index contributed by atoms with van der Waals surface area (Å²) < 4.78 is 0. The SMILES string of the molecule is Cc1c(CN2CCCC(CC(=O)O)C2)cccc1[N+](=O)[O-]. The van der Waals surface area contributed by atoms with E-state index in [0.29, 0.717) is 12.1 Å². The number of nitro benzene ring substituents is 1. The Morgan fingerprint density at radius 2 is 2.29 bits per heavy atom. The normalized spacial score (nSPS) is 19.4. The zero-order chi connectivity index (χ0) is 15.4. The highest BCUT2D eigenvalue weighted by Gasteiger charge is 2.23. The van der Waals surface area contributed by atoms with Crippen LogP contribution < -0.4 is 0 Å². The summed E-state index contributed by atoms with van der Waals surface area (Å²) in [4.78, 5) is 23.6. The average molecular weight is 292 g/mol. The zero-order valence-electron chi connectivity index (χ0n) is 12.1. The second kappa shape index (κ2) is 6.67. The van der Waals surface area contributed by atoms with E-state index in [4.69, 9.17) is 5.11 Å². The van der Waals surface area contributed by atoms with E-state index in [-0.39, 0.29) is 22.9 Å². The molecule has 0 radical (unpaired) electrons. The van der Waals surface area contributed by atoms with Crippen LogP contribution in [0.4, 0.5) is 5.69 Å². The molecule has 6 nitrogen and oxygen atoms in total. The van der Waals surface area contributed by atoms with E-state index in [9.17, 15) is 14.9 Å². The third kappa shape index (κ3) is 4.01. The molecule has 1 saturated heterocycles. The van der Waals surface area contributed by atoms with Crippen LogP contribution in [0.15, 0.2) is 18.2 Å². The molecule has 0 bridgehead atoms. The molecular formula is C15H20N2O4. The van der Waals surface area contributed by atoms with Crippen molar-refractivity contribution in [3.05, 3.63) is 39.4 Å². The number of carboxylic acid groups (broad SMARTS) is 1. The first-order valence-electron chi connectivity index (χ1n) is 7.14. The van der Waals surface area contributed by atoms with Gasteiger partial charge in [-0.05, 0) is 37.8 Å². The fourth-order valence-corrected chi connectivity index (χ4v) is 2.99. The fourth-order valence-electron chi connectivity index (χ4n) is 2.99. The van der Waals surface area contributed by atoms with Crippen molar-refractivity contribution in [1.82, 2.24) is 4.90 Å². The molecule has 1 aromatic rings. The van der Waals surface area contributed by atoms with Crippen LogP contribution >= 0.6 is 0 Å². The topological polar surface area (TPSA) is 83.7 Å². The molecule has 1 heterocycles. The third-order valence-electron chi connectivity index (χ3n) is 4.07. The van der Waals surface area contributed by atoms with Crippen molar-refractivity contribution in [2.75, 3.05) is 13.1 Å². The van der Waals surface area contributed by atoms with Gasteiger partial charge in [0.25, 0.3) is 5.69 Å². The van der Waals surface area contributed by atoms with E-state index in [1.54, 1.807) is 13.0 Å². The van der Waals surface area contributed by atoms with Gasteiger partial charge in [-0.15, -0.1) is 0 Å². The van der Waals surface area contributed by atoms with Gasteiger partial charge in [-0.1, -0.05) is 12.1 Å². The van der Waals surface area contributed by atoms with Crippen LogP contribution in [0.1, 0.15) is 30.4 Å². The van der Waals surface area contributed by atoms with Crippen molar-refractivity contribution in [2.24, 2.45) is 5.92 Å². The molecule has 21 heavy (non-hydrogen) atoms. The van der Waals surface area contributed by atoms with Crippen molar-refractivity contribution >= 4 is 11.7 Å². The highest BCUT2D eigenvalue weighted by atomic mass is 16.6. The third-order valence-corrected chi connectivity index (χ3v) is 4.07. The van der Waals surface area contributed by atoms with E-state index in [1.807, 2.05) is 6.07 Å². The van der Waals surface area contributed by atoms with Gasteiger partial charge in [-0.25, -0.2) is 0 Å². The Hall–Kier alpha value is -1.95. The second-order valence-corrected chi connectivity index (χ2v) is 5.66. The summed E-state index contributed by atoms with van der Waals surface area (Å²) in [5.41, 5.74) is 1.79. The number of carboxylic acids is 1. The molecule has 0 amide bonds. The monoisotopic (exact) mass is 292 g/mol. The van der Waals surface area contributed by atoms with Crippen LogP contribution in [0.3, 0.4) is 0 Å². The maximum Gasteiger partial charge on any atom is 0.303 e. The van der Waals surface area contributed by atoms with Gasteiger partial charge in [-0.3, -0.25) is 19.8 Å². The highest BCUT2D eigenvalue weighted by Crippen LogP contribution is 2.25. The quantitative estimate of drug-likeness (QED) is 0.666. The molecular weight excluding hydrogens is 272 g/mol. The van der Waals surface area contributed by atoms with Gasteiger partial charge in [0.2, 0.25) is 0 Å². The smallest absolute Gasteiger partial charge is 0.303 e. The lowest BCUT2D eigenvalue weighted by Crippen LogP contribution is -2.35. The maximum absolute atomic E-state index is 11.0. The minimum absolute atomic E-state index is 0.145. The molecule has 114 valence electrons. The Morgan fingerprint density at radius 1 is 1.52 bits per heavy atom. The summed E-state index contributed by atoms with van der Waals surface area (Å²) in [6, 6.07) is 5.13. The molecule has 1 unspecified atom stereocenters. The van der Waals surface area contributed by atoms with Gasteiger partial charge in [0.05, 0.1) is 4.92 Å². The first-order chi connectivity index (χ1) is 9.97. The lowest BCUT2D eigenvalue weighted by molar-refractivity contribution is -0.385. The fraction of sp³-hybridized carbons (Fsp3) is 0.533. The summed E-state index contributed by atoms with van der Waals surface area (Å²) >= 11 is 0. The van der Waals surface area contributed by atoms with E-state index >= 15 is 0 Å². The van der Waals surface area contributed by atoms with Crippen molar-refractivity contribution in [2.45, 2.75) is 32.7 Å². The molecule has 0 aromatic heterocycles. The first kappa shape index (κ1) is 15.4.